The lowest BCUT2D eigenvalue weighted by molar-refractivity contribution is 0.0383. The van der Waals surface area contributed by atoms with Gasteiger partial charge in [-0.05, 0) is 12.1 Å². The van der Waals surface area contributed by atoms with E-state index in [0.717, 1.165) is 38.6 Å². The first-order valence-electron chi connectivity index (χ1n) is 7.98. The fourth-order valence-electron chi connectivity index (χ4n) is 2.37. The van der Waals surface area contributed by atoms with Crippen LogP contribution in [0.1, 0.15) is 16.1 Å². The SMILES string of the molecule is O=C(NCCN1CCOCC1)c1cnc(NCc2ccco2)nc1. The maximum Gasteiger partial charge on any atom is 0.254 e. The van der Waals surface area contributed by atoms with Gasteiger partial charge in [-0.1, -0.05) is 0 Å². The van der Waals surface area contributed by atoms with E-state index in [1.54, 1.807) is 6.26 Å². The quantitative estimate of drug-likeness (QED) is 0.773. The normalized spacial score (nSPS) is 15.2. The zero-order chi connectivity index (χ0) is 16.6. The summed E-state index contributed by atoms with van der Waals surface area (Å²) >= 11 is 0. The molecule has 8 nitrogen and oxygen atoms in total. The third-order valence-electron chi connectivity index (χ3n) is 3.73. The van der Waals surface area contributed by atoms with E-state index >= 15 is 0 Å². The predicted molar refractivity (Wildman–Crippen MR) is 87.7 cm³/mol. The molecule has 1 saturated heterocycles. The molecule has 2 aromatic heterocycles. The Morgan fingerprint density at radius 3 is 2.75 bits per heavy atom. The van der Waals surface area contributed by atoms with Gasteiger partial charge >= 0.3 is 0 Å². The van der Waals surface area contributed by atoms with Gasteiger partial charge in [-0.15, -0.1) is 0 Å². The standard InChI is InChI=1S/C16H21N5O3/c22-15(17-3-4-21-5-8-23-9-6-21)13-10-18-16(19-11-13)20-12-14-2-1-7-24-14/h1-2,7,10-11H,3-6,8-9,12H2,(H,17,22)(H,18,19,20). The van der Waals surface area contributed by atoms with E-state index in [-0.39, 0.29) is 5.91 Å². The average Bonchev–Trinajstić information content (AvgIpc) is 3.15. The van der Waals surface area contributed by atoms with Gasteiger partial charge in [0.25, 0.3) is 5.91 Å². The van der Waals surface area contributed by atoms with Gasteiger partial charge in [0.1, 0.15) is 5.76 Å². The molecule has 24 heavy (non-hydrogen) atoms. The van der Waals surface area contributed by atoms with E-state index in [4.69, 9.17) is 9.15 Å². The fraction of sp³-hybridized carbons (Fsp3) is 0.438. The molecular formula is C16H21N5O3. The number of amides is 1. The molecule has 128 valence electrons. The van der Waals surface area contributed by atoms with E-state index in [1.807, 2.05) is 12.1 Å². The highest BCUT2D eigenvalue weighted by Gasteiger charge is 2.11. The van der Waals surface area contributed by atoms with Crippen LogP contribution in [0.4, 0.5) is 5.95 Å². The zero-order valence-corrected chi connectivity index (χ0v) is 13.4. The monoisotopic (exact) mass is 331 g/mol. The van der Waals surface area contributed by atoms with Crippen molar-refractivity contribution >= 4 is 11.9 Å². The molecule has 1 amide bonds. The van der Waals surface area contributed by atoms with E-state index in [9.17, 15) is 4.79 Å². The first-order valence-corrected chi connectivity index (χ1v) is 7.98. The Morgan fingerprint density at radius 1 is 1.25 bits per heavy atom. The van der Waals surface area contributed by atoms with E-state index in [2.05, 4.69) is 25.5 Å². The van der Waals surface area contributed by atoms with Crippen LogP contribution in [0, 0.1) is 0 Å². The van der Waals surface area contributed by atoms with Gasteiger partial charge in [0.2, 0.25) is 5.95 Å². The second-order valence-corrected chi connectivity index (χ2v) is 5.44. The van der Waals surface area contributed by atoms with Gasteiger partial charge in [0.15, 0.2) is 0 Å². The number of ether oxygens (including phenoxy) is 1. The zero-order valence-electron chi connectivity index (χ0n) is 13.4. The molecule has 1 aliphatic rings. The van der Waals surface area contributed by atoms with Crippen molar-refractivity contribution in [3.63, 3.8) is 0 Å². The van der Waals surface area contributed by atoms with Crippen LogP contribution in [0.3, 0.4) is 0 Å². The summed E-state index contributed by atoms with van der Waals surface area (Å²) in [7, 11) is 0. The minimum Gasteiger partial charge on any atom is -0.467 e. The van der Waals surface area contributed by atoms with Gasteiger partial charge in [0.05, 0.1) is 31.6 Å². The van der Waals surface area contributed by atoms with Crippen molar-refractivity contribution in [3.05, 3.63) is 42.1 Å². The number of nitrogens with zero attached hydrogens (tertiary/aromatic N) is 3. The highest BCUT2D eigenvalue weighted by Crippen LogP contribution is 2.05. The second kappa shape index (κ2) is 8.42. The maximum absolute atomic E-state index is 12.1. The number of rotatable bonds is 7. The topological polar surface area (TPSA) is 92.5 Å². The summed E-state index contributed by atoms with van der Waals surface area (Å²) in [5.74, 6) is 1.08. The second-order valence-electron chi connectivity index (χ2n) is 5.44. The third-order valence-corrected chi connectivity index (χ3v) is 3.73. The van der Waals surface area contributed by atoms with Gasteiger partial charge in [0, 0.05) is 38.6 Å². The lowest BCUT2D eigenvalue weighted by atomic mass is 10.3. The summed E-state index contributed by atoms with van der Waals surface area (Å²) in [5, 5.41) is 5.92. The molecule has 0 bridgehead atoms. The van der Waals surface area contributed by atoms with Crippen LogP contribution < -0.4 is 10.6 Å². The Labute approximate surface area is 140 Å². The van der Waals surface area contributed by atoms with Gasteiger partial charge < -0.3 is 19.8 Å². The van der Waals surface area contributed by atoms with E-state index in [0.29, 0.717) is 24.6 Å². The number of anilines is 1. The molecule has 0 spiro atoms. The molecule has 0 atom stereocenters. The van der Waals surface area contributed by atoms with Crippen molar-refractivity contribution < 1.29 is 13.9 Å². The largest absolute Gasteiger partial charge is 0.467 e. The average molecular weight is 331 g/mol. The molecule has 1 aliphatic heterocycles. The number of morpholine rings is 1. The van der Waals surface area contributed by atoms with Crippen molar-refractivity contribution in [2.24, 2.45) is 0 Å². The van der Waals surface area contributed by atoms with Crippen molar-refractivity contribution in [2.45, 2.75) is 6.54 Å². The third kappa shape index (κ3) is 4.77. The number of hydrogen-bond donors (Lipinski definition) is 2. The number of hydrogen-bond acceptors (Lipinski definition) is 7. The van der Waals surface area contributed by atoms with Crippen LogP contribution in [0.15, 0.2) is 35.2 Å². The first kappa shape index (κ1) is 16.4. The van der Waals surface area contributed by atoms with Crippen LogP contribution in [-0.2, 0) is 11.3 Å². The number of aromatic nitrogens is 2. The van der Waals surface area contributed by atoms with Gasteiger partial charge in [-0.25, -0.2) is 9.97 Å². The smallest absolute Gasteiger partial charge is 0.254 e. The summed E-state index contributed by atoms with van der Waals surface area (Å²) in [6.45, 7) is 5.25. The van der Waals surface area contributed by atoms with E-state index in [1.165, 1.54) is 12.4 Å². The van der Waals surface area contributed by atoms with Crippen LogP contribution >= 0.6 is 0 Å². The number of furan rings is 1. The Hall–Kier alpha value is -2.45. The van der Waals surface area contributed by atoms with Crippen LogP contribution in [0.25, 0.3) is 0 Å². The van der Waals surface area contributed by atoms with Crippen LogP contribution in [0.5, 0.6) is 0 Å². The summed E-state index contributed by atoms with van der Waals surface area (Å²) in [4.78, 5) is 22.6. The number of carbonyl (C=O) groups excluding carboxylic acids is 1. The Kier molecular flexibility index (Phi) is 5.75. The lowest BCUT2D eigenvalue weighted by Gasteiger charge is -2.26. The van der Waals surface area contributed by atoms with Crippen molar-refractivity contribution in [1.82, 2.24) is 20.2 Å². The Bertz CT molecular complexity index is 624. The van der Waals surface area contributed by atoms with Gasteiger partial charge in [-0.2, -0.15) is 0 Å². The summed E-state index contributed by atoms with van der Waals surface area (Å²) < 4.78 is 10.5. The number of carbonyl (C=O) groups is 1. The predicted octanol–water partition coefficient (Wildman–Crippen LogP) is 0.744. The molecule has 2 aromatic rings. The number of nitrogens with one attached hydrogen (secondary N) is 2. The van der Waals surface area contributed by atoms with Crippen molar-refractivity contribution in [2.75, 3.05) is 44.7 Å². The minimum atomic E-state index is -0.166. The molecule has 2 N–H and O–H groups in total. The summed E-state index contributed by atoms with van der Waals surface area (Å²) in [5.41, 5.74) is 0.445. The summed E-state index contributed by atoms with van der Waals surface area (Å²) in [6, 6.07) is 3.69. The molecule has 8 heteroatoms. The highest BCUT2D eigenvalue weighted by molar-refractivity contribution is 5.93. The highest BCUT2D eigenvalue weighted by atomic mass is 16.5. The molecule has 0 unspecified atom stereocenters. The molecule has 1 fully saturated rings. The molecule has 0 aromatic carbocycles. The van der Waals surface area contributed by atoms with Crippen molar-refractivity contribution in [1.29, 1.82) is 0 Å². The fourth-order valence-corrected chi connectivity index (χ4v) is 2.37. The maximum atomic E-state index is 12.1. The summed E-state index contributed by atoms with van der Waals surface area (Å²) in [6.07, 6.45) is 4.64. The Balaban J connectivity index is 1.41. The molecule has 3 rings (SSSR count). The first-order chi connectivity index (χ1) is 11.8. The molecule has 0 saturated carbocycles. The lowest BCUT2D eigenvalue weighted by Crippen LogP contribution is -2.41. The van der Waals surface area contributed by atoms with Crippen LogP contribution in [0.2, 0.25) is 0 Å². The molecule has 0 aliphatic carbocycles. The molecule has 0 radical (unpaired) electrons. The van der Waals surface area contributed by atoms with E-state index < -0.39 is 0 Å². The molecular weight excluding hydrogens is 310 g/mol. The van der Waals surface area contributed by atoms with Crippen LogP contribution in [-0.4, -0.2) is 60.2 Å². The van der Waals surface area contributed by atoms with Crippen molar-refractivity contribution in [3.8, 4) is 0 Å². The van der Waals surface area contributed by atoms with Gasteiger partial charge in [-0.3, -0.25) is 9.69 Å². The Morgan fingerprint density at radius 2 is 2.04 bits per heavy atom. The molecule has 3 heterocycles. The minimum absolute atomic E-state index is 0.166.